The van der Waals surface area contributed by atoms with Gasteiger partial charge in [0.15, 0.2) is 0 Å². The predicted octanol–water partition coefficient (Wildman–Crippen LogP) is 3.70. The van der Waals surface area contributed by atoms with E-state index >= 15 is 0 Å². The van der Waals surface area contributed by atoms with Crippen molar-refractivity contribution in [3.8, 4) is 0 Å². The van der Waals surface area contributed by atoms with Gasteiger partial charge in [0.1, 0.15) is 17.5 Å². The Morgan fingerprint density at radius 2 is 2.03 bits per heavy atom. The van der Waals surface area contributed by atoms with E-state index in [2.05, 4.69) is 5.32 Å². The molecule has 3 amide bonds. The first kappa shape index (κ1) is 23.6. The van der Waals surface area contributed by atoms with Crippen LogP contribution in [0.3, 0.4) is 0 Å². The number of amides is 3. The largest absolute Gasteiger partial charge is 0.444 e. The lowest BCUT2D eigenvalue weighted by Gasteiger charge is -2.26. The summed E-state index contributed by atoms with van der Waals surface area (Å²) < 4.78 is 25.7. The Morgan fingerprint density at radius 3 is 2.69 bits per heavy atom. The zero-order valence-electron chi connectivity index (χ0n) is 18.9. The number of rotatable bonds is 4. The molecule has 32 heavy (non-hydrogen) atoms. The van der Waals surface area contributed by atoms with Crippen molar-refractivity contribution in [1.29, 1.82) is 0 Å². The minimum atomic E-state index is -0.575. The van der Waals surface area contributed by atoms with E-state index in [4.69, 9.17) is 9.47 Å². The highest BCUT2D eigenvalue weighted by Gasteiger charge is 2.33. The SMILES string of the molecule is CC(=O)NCC1CN(c2ccc(C3=CCCN(C(=O)OC(C)(C)C)CC3)c(F)c2)C(=O)O1. The van der Waals surface area contributed by atoms with Gasteiger partial charge in [-0.15, -0.1) is 0 Å². The smallest absolute Gasteiger partial charge is 0.414 e. The summed E-state index contributed by atoms with van der Waals surface area (Å²) >= 11 is 0. The summed E-state index contributed by atoms with van der Waals surface area (Å²) in [7, 11) is 0. The second-order valence-electron chi connectivity index (χ2n) is 8.95. The third kappa shape index (κ3) is 5.99. The Balaban J connectivity index is 1.65. The summed E-state index contributed by atoms with van der Waals surface area (Å²) in [5.41, 5.74) is 1.08. The normalized spacial score (nSPS) is 19.2. The van der Waals surface area contributed by atoms with Crippen LogP contribution in [0.5, 0.6) is 0 Å². The van der Waals surface area contributed by atoms with Crippen molar-refractivity contribution in [3.05, 3.63) is 35.7 Å². The van der Waals surface area contributed by atoms with Gasteiger partial charge in [-0.05, 0) is 57.4 Å². The minimum Gasteiger partial charge on any atom is -0.444 e. The predicted molar refractivity (Wildman–Crippen MR) is 118 cm³/mol. The zero-order valence-corrected chi connectivity index (χ0v) is 18.9. The average Bonchev–Trinajstić information content (AvgIpc) is 2.90. The second-order valence-corrected chi connectivity index (χ2v) is 8.95. The number of anilines is 1. The first-order valence-electron chi connectivity index (χ1n) is 10.7. The molecule has 2 aliphatic heterocycles. The van der Waals surface area contributed by atoms with Crippen LogP contribution in [-0.2, 0) is 14.3 Å². The van der Waals surface area contributed by atoms with Crippen LogP contribution >= 0.6 is 0 Å². The maximum absolute atomic E-state index is 15.0. The van der Waals surface area contributed by atoms with Crippen molar-refractivity contribution in [2.75, 3.05) is 31.1 Å². The fraction of sp³-hybridized carbons (Fsp3) is 0.522. The van der Waals surface area contributed by atoms with E-state index in [0.717, 1.165) is 5.57 Å². The number of cyclic esters (lactones) is 1. The van der Waals surface area contributed by atoms with Crippen LogP contribution < -0.4 is 10.2 Å². The Kier molecular flexibility index (Phi) is 7.06. The van der Waals surface area contributed by atoms with Gasteiger partial charge in [-0.3, -0.25) is 9.69 Å². The molecule has 0 saturated carbocycles. The molecule has 8 nitrogen and oxygen atoms in total. The lowest BCUT2D eigenvalue weighted by Crippen LogP contribution is -2.37. The van der Waals surface area contributed by atoms with Gasteiger partial charge >= 0.3 is 12.2 Å². The van der Waals surface area contributed by atoms with Crippen LogP contribution in [0, 0.1) is 5.82 Å². The lowest BCUT2D eigenvalue weighted by molar-refractivity contribution is -0.119. The molecule has 0 radical (unpaired) electrons. The Morgan fingerprint density at radius 1 is 1.28 bits per heavy atom. The molecule has 0 aliphatic carbocycles. The van der Waals surface area contributed by atoms with Gasteiger partial charge in [0.2, 0.25) is 5.91 Å². The van der Waals surface area contributed by atoms with Crippen LogP contribution in [0.25, 0.3) is 5.57 Å². The van der Waals surface area contributed by atoms with E-state index in [1.165, 1.54) is 17.9 Å². The Bertz CT molecular complexity index is 925. The average molecular weight is 448 g/mol. The molecule has 3 rings (SSSR count). The number of carbonyl (C=O) groups is 3. The van der Waals surface area contributed by atoms with Gasteiger partial charge in [0.25, 0.3) is 0 Å². The number of carbonyl (C=O) groups excluding carboxylic acids is 3. The quantitative estimate of drug-likeness (QED) is 0.760. The summed E-state index contributed by atoms with van der Waals surface area (Å²) in [4.78, 5) is 38.6. The molecule has 174 valence electrons. The highest BCUT2D eigenvalue weighted by Crippen LogP contribution is 2.30. The topological polar surface area (TPSA) is 88.2 Å². The maximum atomic E-state index is 15.0. The van der Waals surface area contributed by atoms with Gasteiger partial charge in [-0.1, -0.05) is 6.08 Å². The Hall–Kier alpha value is -3.10. The third-order valence-electron chi connectivity index (χ3n) is 5.16. The summed E-state index contributed by atoms with van der Waals surface area (Å²) in [5.74, 6) is -0.658. The molecular weight excluding hydrogens is 417 g/mol. The molecule has 1 unspecified atom stereocenters. The van der Waals surface area contributed by atoms with Gasteiger partial charge < -0.3 is 19.7 Å². The van der Waals surface area contributed by atoms with E-state index in [1.54, 1.807) is 17.0 Å². The van der Waals surface area contributed by atoms with Crippen LogP contribution in [0.2, 0.25) is 0 Å². The number of ether oxygens (including phenoxy) is 2. The van der Waals surface area contributed by atoms with Crippen LogP contribution in [0.15, 0.2) is 24.3 Å². The van der Waals surface area contributed by atoms with Crippen molar-refractivity contribution in [3.63, 3.8) is 0 Å². The van der Waals surface area contributed by atoms with Crippen molar-refractivity contribution in [1.82, 2.24) is 10.2 Å². The van der Waals surface area contributed by atoms with E-state index in [1.807, 2.05) is 26.8 Å². The van der Waals surface area contributed by atoms with Crippen LogP contribution in [-0.4, -0.2) is 60.9 Å². The summed E-state index contributed by atoms with van der Waals surface area (Å²) in [5, 5.41) is 2.61. The summed E-state index contributed by atoms with van der Waals surface area (Å²) in [6.45, 7) is 8.23. The number of benzene rings is 1. The van der Waals surface area contributed by atoms with Crippen LogP contribution in [0.1, 0.15) is 46.1 Å². The highest BCUT2D eigenvalue weighted by atomic mass is 19.1. The number of hydrogen-bond donors (Lipinski definition) is 1. The van der Waals surface area contributed by atoms with E-state index in [9.17, 15) is 18.8 Å². The van der Waals surface area contributed by atoms with Gasteiger partial charge in [0.05, 0.1) is 18.8 Å². The number of hydrogen-bond acceptors (Lipinski definition) is 5. The highest BCUT2D eigenvalue weighted by molar-refractivity contribution is 5.90. The van der Waals surface area contributed by atoms with Crippen molar-refractivity contribution >= 4 is 29.4 Å². The molecule has 0 spiro atoms. The van der Waals surface area contributed by atoms with Crippen molar-refractivity contribution in [2.24, 2.45) is 0 Å². The molecular formula is C23H30FN3O5. The van der Waals surface area contributed by atoms with Gasteiger partial charge in [-0.25, -0.2) is 14.0 Å². The molecule has 2 aliphatic rings. The first-order valence-corrected chi connectivity index (χ1v) is 10.7. The molecule has 1 atom stereocenters. The molecule has 0 bridgehead atoms. The third-order valence-corrected chi connectivity index (χ3v) is 5.16. The monoisotopic (exact) mass is 447 g/mol. The minimum absolute atomic E-state index is 0.208. The van der Waals surface area contributed by atoms with E-state index in [0.29, 0.717) is 37.2 Å². The molecule has 0 aromatic heterocycles. The molecule has 9 heteroatoms. The number of halogens is 1. The van der Waals surface area contributed by atoms with E-state index in [-0.39, 0.29) is 25.1 Å². The molecule has 1 saturated heterocycles. The van der Waals surface area contributed by atoms with Crippen molar-refractivity contribution in [2.45, 2.75) is 52.2 Å². The Labute approximate surface area is 187 Å². The fourth-order valence-electron chi connectivity index (χ4n) is 3.65. The van der Waals surface area contributed by atoms with Crippen LogP contribution in [0.4, 0.5) is 19.7 Å². The molecule has 1 N–H and O–H groups in total. The zero-order chi connectivity index (χ0) is 23.5. The lowest BCUT2D eigenvalue weighted by atomic mass is 10.0. The van der Waals surface area contributed by atoms with E-state index < -0.39 is 23.6 Å². The fourth-order valence-corrected chi connectivity index (χ4v) is 3.65. The second kappa shape index (κ2) is 9.58. The first-order chi connectivity index (χ1) is 15.0. The number of nitrogens with one attached hydrogen (secondary N) is 1. The molecule has 1 aromatic rings. The molecule has 1 aromatic carbocycles. The molecule has 1 fully saturated rings. The number of nitrogens with zero attached hydrogens (tertiary/aromatic N) is 2. The van der Waals surface area contributed by atoms with Gasteiger partial charge in [0, 0.05) is 25.6 Å². The summed E-state index contributed by atoms with van der Waals surface area (Å²) in [6.07, 6.45) is 1.60. The molecule has 2 heterocycles. The van der Waals surface area contributed by atoms with Gasteiger partial charge in [-0.2, -0.15) is 0 Å². The standard InChI is InChI=1S/C23H30FN3O5/c1-15(28)25-13-18-14-27(22(30)31-18)17-7-8-19(20(24)12-17)16-6-5-10-26(11-9-16)21(29)32-23(2,3)4/h6-8,12,18H,5,9-11,13-14H2,1-4H3,(H,25,28). The summed E-state index contributed by atoms with van der Waals surface area (Å²) in [6, 6.07) is 4.64. The van der Waals surface area contributed by atoms with Crippen molar-refractivity contribution < 1.29 is 28.2 Å². The maximum Gasteiger partial charge on any atom is 0.414 e.